The van der Waals surface area contributed by atoms with Crippen LogP contribution in [0.25, 0.3) is 11.0 Å². The summed E-state index contributed by atoms with van der Waals surface area (Å²) in [5.74, 6) is 1.11. The van der Waals surface area contributed by atoms with E-state index in [1.807, 2.05) is 37.4 Å². The number of aromatic nitrogens is 5. The van der Waals surface area contributed by atoms with Gasteiger partial charge < -0.3 is 20.3 Å². The number of fused-ring (bicyclic) bond motifs is 1. The van der Waals surface area contributed by atoms with Gasteiger partial charge in [-0.2, -0.15) is 0 Å². The maximum absolute atomic E-state index is 9.60. The number of nitrogens with zero attached hydrogens (tertiary/aromatic N) is 7. The van der Waals surface area contributed by atoms with E-state index in [0.29, 0.717) is 17.6 Å². The van der Waals surface area contributed by atoms with Crippen molar-refractivity contribution in [2.45, 2.75) is 18.9 Å². The fourth-order valence-electron chi connectivity index (χ4n) is 3.47. The summed E-state index contributed by atoms with van der Waals surface area (Å²) >= 11 is 0. The third kappa shape index (κ3) is 3.46. The van der Waals surface area contributed by atoms with Crippen LogP contribution in [0.1, 0.15) is 18.5 Å². The Balaban J connectivity index is 1.54. The van der Waals surface area contributed by atoms with Gasteiger partial charge in [-0.3, -0.25) is 5.10 Å². The lowest BCUT2D eigenvalue weighted by Gasteiger charge is -2.32. The van der Waals surface area contributed by atoms with Gasteiger partial charge >= 0.3 is 0 Å². The standard InChI is InChI=1S/C18H23N9O/c1-26(12-7-9-19-10-8-12)17-6-5-15(20-23-17)18(24-28)27(2)13-3-4-14-16(11-13)22-25-21-14/h3-6,11-12,19,28H,7-10H2,1-2H3,(H,21,22,25)/b24-18+. The first kappa shape index (κ1) is 18.1. The van der Waals surface area contributed by atoms with Crippen LogP contribution in [-0.2, 0) is 0 Å². The summed E-state index contributed by atoms with van der Waals surface area (Å²) in [7, 11) is 3.84. The Morgan fingerprint density at radius 1 is 1.11 bits per heavy atom. The molecule has 0 saturated carbocycles. The van der Waals surface area contributed by atoms with Crippen LogP contribution in [0.3, 0.4) is 0 Å². The number of rotatable bonds is 4. The monoisotopic (exact) mass is 381 g/mol. The molecule has 0 bridgehead atoms. The third-order valence-corrected chi connectivity index (χ3v) is 5.21. The van der Waals surface area contributed by atoms with Crippen LogP contribution >= 0.6 is 0 Å². The molecular weight excluding hydrogens is 358 g/mol. The van der Waals surface area contributed by atoms with E-state index in [4.69, 9.17) is 0 Å². The minimum absolute atomic E-state index is 0.301. The second-order valence-electron chi connectivity index (χ2n) is 6.86. The molecule has 146 valence electrons. The van der Waals surface area contributed by atoms with Crippen molar-refractivity contribution in [3.63, 3.8) is 0 Å². The van der Waals surface area contributed by atoms with Gasteiger partial charge in [0, 0.05) is 25.8 Å². The molecule has 1 aromatic carbocycles. The van der Waals surface area contributed by atoms with Gasteiger partial charge in [-0.15, -0.1) is 15.3 Å². The molecule has 28 heavy (non-hydrogen) atoms. The Bertz CT molecular complexity index is 963. The van der Waals surface area contributed by atoms with E-state index in [9.17, 15) is 5.21 Å². The van der Waals surface area contributed by atoms with Crippen LogP contribution in [0.4, 0.5) is 11.5 Å². The zero-order valence-electron chi connectivity index (χ0n) is 15.9. The number of hydrogen-bond donors (Lipinski definition) is 3. The minimum atomic E-state index is 0.301. The molecule has 0 amide bonds. The summed E-state index contributed by atoms with van der Waals surface area (Å²) in [4.78, 5) is 3.90. The zero-order chi connectivity index (χ0) is 19.5. The van der Waals surface area contributed by atoms with Crippen molar-refractivity contribution in [2.75, 3.05) is 37.0 Å². The zero-order valence-corrected chi connectivity index (χ0v) is 15.9. The number of anilines is 2. The largest absolute Gasteiger partial charge is 0.409 e. The summed E-state index contributed by atoms with van der Waals surface area (Å²) in [6, 6.07) is 9.79. The van der Waals surface area contributed by atoms with Gasteiger partial charge in [0.25, 0.3) is 0 Å². The SMILES string of the molecule is CN(/C(=N/O)c1ccc(N(C)C2CCNCC2)nn1)c1ccc2nn[nH]c2c1. The molecule has 0 atom stereocenters. The molecule has 3 heterocycles. The number of piperidine rings is 1. The van der Waals surface area contributed by atoms with E-state index in [2.05, 4.69) is 41.0 Å². The Morgan fingerprint density at radius 2 is 1.93 bits per heavy atom. The van der Waals surface area contributed by atoms with E-state index < -0.39 is 0 Å². The van der Waals surface area contributed by atoms with Gasteiger partial charge in [-0.05, 0) is 56.3 Å². The fourth-order valence-corrected chi connectivity index (χ4v) is 3.47. The van der Waals surface area contributed by atoms with E-state index in [1.54, 1.807) is 11.9 Å². The predicted octanol–water partition coefficient (Wildman–Crippen LogP) is 1.21. The lowest BCUT2D eigenvalue weighted by atomic mass is 10.1. The average molecular weight is 381 g/mol. The molecule has 0 aliphatic carbocycles. The highest BCUT2D eigenvalue weighted by Gasteiger charge is 2.20. The number of oxime groups is 1. The van der Waals surface area contributed by atoms with Crippen molar-refractivity contribution in [3.05, 3.63) is 36.0 Å². The van der Waals surface area contributed by atoms with E-state index in [0.717, 1.165) is 48.5 Å². The van der Waals surface area contributed by atoms with Gasteiger partial charge in [0.1, 0.15) is 11.2 Å². The van der Waals surface area contributed by atoms with Gasteiger partial charge in [-0.25, -0.2) is 0 Å². The summed E-state index contributed by atoms with van der Waals surface area (Å²) in [6.07, 6.45) is 2.16. The molecule has 1 aliphatic rings. The van der Waals surface area contributed by atoms with Crippen LogP contribution in [0.2, 0.25) is 0 Å². The molecule has 3 aromatic rings. The number of aromatic amines is 1. The van der Waals surface area contributed by atoms with Gasteiger partial charge in [0.15, 0.2) is 11.7 Å². The van der Waals surface area contributed by atoms with Gasteiger partial charge in [-0.1, -0.05) is 10.4 Å². The number of hydrogen-bond acceptors (Lipinski definition) is 8. The predicted molar refractivity (Wildman–Crippen MR) is 107 cm³/mol. The number of H-pyrrole nitrogens is 1. The molecule has 3 N–H and O–H groups in total. The number of nitrogens with one attached hydrogen (secondary N) is 2. The lowest BCUT2D eigenvalue weighted by Crippen LogP contribution is -2.41. The Hall–Kier alpha value is -3.27. The van der Waals surface area contributed by atoms with Crippen molar-refractivity contribution in [3.8, 4) is 0 Å². The molecule has 0 spiro atoms. The molecule has 0 unspecified atom stereocenters. The third-order valence-electron chi connectivity index (χ3n) is 5.21. The summed E-state index contributed by atoms with van der Waals surface area (Å²) in [5, 5.41) is 35.6. The van der Waals surface area contributed by atoms with Crippen molar-refractivity contribution in [1.82, 2.24) is 30.9 Å². The molecule has 1 saturated heterocycles. The molecule has 10 nitrogen and oxygen atoms in total. The number of benzene rings is 1. The summed E-state index contributed by atoms with van der Waals surface area (Å²) in [6.45, 7) is 2.03. The molecule has 10 heteroatoms. The van der Waals surface area contributed by atoms with Gasteiger partial charge in [0.05, 0.1) is 5.52 Å². The molecular formula is C18H23N9O. The van der Waals surface area contributed by atoms with Crippen LogP contribution in [-0.4, -0.2) is 69.9 Å². The van der Waals surface area contributed by atoms with E-state index >= 15 is 0 Å². The average Bonchev–Trinajstić information content (AvgIpc) is 3.22. The van der Waals surface area contributed by atoms with E-state index in [1.165, 1.54) is 0 Å². The van der Waals surface area contributed by atoms with E-state index in [-0.39, 0.29) is 0 Å². The topological polar surface area (TPSA) is 118 Å². The van der Waals surface area contributed by atoms with Gasteiger partial charge in [0.2, 0.25) is 0 Å². The number of amidine groups is 1. The highest BCUT2D eigenvalue weighted by molar-refractivity contribution is 6.08. The maximum atomic E-state index is 9.60. The normalized spacial score (nSPS) is 15.7. The van der Waals surface area contributed by atoms with Crippen molar-refractivity contribution < 1.29 is 5.21 Å². The van der Waals surface area contributed by atoms with Crippen molar-refractivity contribution in [2.24, 2.45) is 5.16 Å². The first-order valence-corrected chi connectivity index (χ1v) is 9.21. The molecule has 0 radical (unpaired) electrons. The molecule has 2 aromatic heterocycles. The molecule has 1 aliphatic heterocycles. The quantitative estimate of drug-likeness (QED) is 0.267. The highest BCUT2D eigenvalue weighted by Crippen LogP contribution is 2.21. The smallest absolute Gasteiger partial charge is 0.199 e. The fraction of sp³-hybridized carbons (Fsp3) is 0.389. The van der Waals surface area contributed by atoms with Crippen LogP contribution in [0.5, 0.6) is 0 Å². The first-order chi connectivity index (χ1) is 13.7. The summed E-state index contributed by atoms with van der Waals surface area (Å²) < 4.78 is 0. The molecule has 4 rings (SSSR count). The molecule has 1 fully saturated rings. The second-order valence-corrected chi connectivity index (χ2v) is 6.86. The van der Waals surface area contributed by atoms with Crippen LogP contribution < -0.4 is 15.1 Å². The minimum Gasteiger partial charge on any atom is -0.409 e. The Kier molecular flexibility index (Phi) is 5.02. The van der Waals surface area contributed by atoms with Crippen molar-refractivity contribution in [1.29, 1.82) is 0 Å². The van der Waals surface area contributed by atoms with Crippen LogP contribution in [0.15, 0.2) is 35.5 Å². The highest BCUT2D eigenvalue weighted by atomic mass is 16.4. The summed E-state index contributed by atoms with van der Waals surface area (Å²) in [5.41, 5.74) is 2.86. The van der Waals surface area contributed by atoms with Crippen LogP contribution in [0, 0.1) is 0 Å². The second kappa shape index (κ2) is 7.77. The van der Waals surface area contributed by atoms with Crippen molar-refractivity contribution >= 4 is 28.4 Å². The maximum Gasteiger partial charge on any atom is 0.199 e. The Morgan fingerprint density at radius 3 is 2.64 bits per heavy atom. The Labute approximate surface area is 162 Å². The first-order valence-electron chi connectivity index (χ1n) is 9.21. The lowest BCUT2D eigenvalue weighted by molar-refractivity contribution is 0.318.